The van der Waals surface area contributed by atoms with Gasteiger partial charge in [-0.2, -0.15) is 0 Å². The summed E-state index contributed by atoms with van der Waals surface area (Å²) >= 11 is 0. The van der Waals surface area contributed by atoms with E-state index in [2.05, 4.69) is 4.98 Å². The third-order valence-electron chi connectivity index (χ3n) is 2.02. The first kappa shape index (κ1) is 7.03. The normalized spacial score (nSPS) is 10.8. The fourth-order valence-corrected chi connectivity index (χ4v) is 1.43. The highest BCUT2D eigenvalue weighted by Gasteiger charge is 2.04. The maximum absolute atomic E-state index is 9.35. The topological polar surface area (TPSA) is 62.0 Å². The predicted octanol–water partition coefficient (Wildman–Crippen LogP) is 1.76. The molecular formula is C9H10N2O. The molecular weight excluding hydrogens is 152 g/mol. The van der Waals surface area contributed by atoms with Crippen molar-refractivity contribution in [3.05, 3.63) is 23.9 Å². The minimum atomic E-state index is 0.181. The van der Waals surface area contributed by atoms with Gasteiger partial charge in [-0.3, -0.25) is 0 Å². The molecule has 0 aliphatic heterocycles. The van der Waals surface area contributed by atoms with Crippen LogP contribution in [0.3, 0.4) is 0 Å². The Hall–Kier alpha value is -1.64. The van der Waals surface area contributed by atoms with Crippen LogP contribution in [0.2, 0.25) is 0 Å². The fourth-order valence-electron chi connectivity index (χ4n) is 1.43. The molecule has 0 radical (unpaired) electrons. The lowest BCUT2D eigenvalue weighted by Crippen LogP contribution is -1.84. The first-order valence-corrected chi connectivity index (χ1v) is 3.74. The number of benzene rings is 1. The van der Waals surface area contributed by atoms with Crippen LogP contribution in [-0.2, 0) is 0 Å². The highest BCUT2D eigenvalue weighted by atomic mass is 16.3. The number of fused-ring (bicyclic) bond motifs is 1. The third-order valence-corrected chi connectivity index (χ3v) is 2.02. The Labute approximate surface area is 69.8 Å². The van der Waals surface area contributed by atoms with E-state index in [0.717, 1.165) is 16.3 Å². The zero-order chi connectivity index (χ0) is 8.72. The number of hydrogen-bond donors (Lipinski definition) is 3. The van der Waals surface area contributed by atoms with Gasteiger partial charge in [0.25, 0.3) is 0 Å². The van der Waals surface area contributed by atoms with E-state index in [1.165, 1.54) is 0 Å². The molecule has 0 atom stereocenters. The molecule has 0 aliphatic rings. The van der Waals surface area contributed by atoms with Gasteiger partial charge in [-0.25, -0.2) is 0 Å². The molecule has 0 spiro atoms. The zero-order valence-electron chi connectivity index (χ0n) is 6.76. The standard InChI is InChI=1S/C9H10N2O/c1-5-2-6(10)3-7-8(5)4-11-9(7)12/h2-4,11-12H,10H2,1H3. The van der Waals surface area contributed by atoms with Gasteiger partial charge in [0.2, 0.25) is 0 Å². The highest BCUT2D eigenvalue weighted by Crippen LogP contribution is 2.28. The number of rotatable bonds is 0. The van der Waals surface area contributed by atoms with E-state index in [0.29, 0.717) is 5.69 Å². The lowest BCUT2D eigenvalue weighted by molar-refractivity contribution is 0.462. The molecule has 1 aromatic carbocycles. The average Bonchev–Trinajstić information content (AvgIpc) is 2.33. The van der Waals surface area contributed by atoms with Crippen molar-refractivity contribution in [3.63, 3.8) is 0 Å². The molecule has 4 N–H and O–H groups in total. The Morgan fingerprint density at radius 3 is 2.83 bits per heavy atom. The average molecular weight is 162 g/mol. The van der Waals surface area contributed by atoms with E-state index in [1.54, 1.807) is 12.3 Å². The summed E-state index contributed by atoms with van der Waals surface area (Å²) < 4.78 is 0. The Bertz CT molecular complexity index is 431. The molecule has 2 aromatic rings. The number of aryl methyl sites for hydroxylation is 1. The summed E-state index contributed by atoms with van der Waals surface area (Å²) in [6.07, 6.45) is 1.78. The van der Waals surface area contributed by atoms with Crippen LogP contribution in [0.4, 0.5) is 5.69 Å². The maximum Gasteiger partial charge on any atom is 0.196 e. The van der Waals surface area contributed by atoms with Gasteiger partial charge in [0.15, 0.2) is 5.88 Å². The van der Waals surface area contributed by atoms with Gasteiger partial charge < -0.3 is 15.8 Å². The molecule has 0 bridgehead atoms. The number of H-pyrrole nitrogens is 1. The fraction of sp³-hybridized carbons (Fsp3) is 0.111. The summed E-state index contributed by atoms with van der Waals surface area (Å²) in [4.78, 5) is 2.74. The van der Waals surface area contributed by atoms with Gasteiger partial charge in [-0.15, -0.1) is 0 Å². The zero-order valence-corrected chi connectivity index (χ0v) is 6.76. The number of nitrogen functional groups attached to an aromatic ring is 1. The number of hydrogen-bond acceptors (Lipinski definition) is 2. The molecule has 12 heavy (non-hydrogen) atoms. The minimum Gasteiger partial charge on any atom is -0.494 e. The molecule has 3 nitrogen and oxygen atoms in total. The van der Waals surface area contributed by atoms with Gasteiger partial charge in [0, 0.05) is 22.7 Å². The van der Waals surface area contributed by atoms with Crippen molar-refractivity contribution in [3.8, 4) is 5.88 Å². The van der Waals surface area contributed by atoms with Gasteiger partial charge in [0.1, 0.15) is 0 Å². The summed E-state index contributed by atoms with van der Waals surface area (Å²) in [5.74, 6) is 0.181. The van der Waals surface area contributed by atoms with Crippen molar-refractivity contribution in [2.75, 3.05) is 5.73 Å². The van der Waals surface area contributed by atoms with E-state index in [1.807, 2.05) is 13.0 Å². The lowest BCUT2D eigenvalue weighted by atomic mass is 10.1. The van der Waals surface area contributed by atoms with E-state index in [9.17, 15) is 5.11 Å². The molecule has 0 unspecified atom stereocenters. The second kappa shape index (κ2) is 2.17. The van der Waals surface area contributed by atoms with Crippen LogP contribution in [-0.4, -0.2) is 10.1 Å². The smallest absolute Gasteiger partial charge is 0.196 e. The quantitative estimate of drug-likeness (QED) is 0.517. The summed E-state index contributed by atoms with van der Waals surface area (Å²) in [7, 11) is 0. The van der Waals surface area contributed by atoms with Crippen molar-refractivity contribution < 1.29 is 5.11 Å². The first-order chi connectivity index (χ1) is 5.68. The monoisotopic (exact) mass is 162 g/mol. The number of nitrogens with two attached hydrogens (primary N) is 1. The van der Waals surface area contributed by atoms with Crippen LogP contribution >= 0.6 is 0 Å². The minimum absolute atomic E-state index is 0.181. The van der Waals surface area contributed by atoms with Gasteiger partial charge in [-0.1, -0.05) is 0 Å². The van der Waals surface area contributed by atoms with Crippen molar-refractivity contribution in [2.45, 2.75) is 6.92 Å². The van der Waals surface area contributed by atoms with Crippen molar-refractivity contribution in [1.29, 1.82) is 0 Å². The number of aromatic hydroxyl groups is 1. The molecule has 0 aliphatic carbocycles. The van der Waals surface area contributed by atoms with Gasteiger partial charge in [0.05, 0.1) is 0 Å². The molecule has 1 aromatic heterocycles. The molecule has 2 rings (SSSR count). The second-order valence-corrected chi connectivity index (χ2v) is 2.94. The van der Waals surface area contributed by atoms with E-state index >= 15 is 0 Å². The SMILES string of the molecule is Cc1cc(N)cc2c(O)[nH]cc12. The van der Waals surface area contributed by atoms with Crippen LogP contribution in [0.5, 0.6) is 5.88 Å². The van der Waals surface area contributed by atoms with Gasteiger partial charge >= 0.3 is 0 Å². The second-order valence-electron chi connectivity index (χ2n) is 2.94. The Kier molecular flexibility index (Phi) is 1.27. The lowest BCUT2D eigenvalue weighted by Gasteiger charge is -1.98. The Morgan fingerprint density at radius 2 is 2.08 bits per heavy atom. The van der Waals surface area contributed by atoms with E-state index < -0.39 is 0 Å². The molecule has 0 saturated heterocycles. The van der Waals surface area contributed by atoms with Crippen LogP contribution in [0.25, 0.3) is 10.8 Å². The van der Waals surface area contributed by atoms with E-state index in [-0.39, 0.29) is 5.88 Å². The van der Waals surface area contributed by atoms with Crippen molar-refractivity contribution >= 4 is 16.5 Å². The first-order valence-electron chi connectivity index (χ1n) is 3.74. The summed E-state index contributed by atoms with van der Waals surface area (Å²) in [5.41, 5.74) is 7.37. The number of anilines is 1. The Balaban J connectivity index is 2.92. The molecule has 0 saturated carbocycles. The van der Waals surface area contributed by atoms with Gasteiger partial charge in [-0.05, 0) is 24.6 Å². The molecule has 1 heterocycles. The molecule has 0 amide bonds. The maximum atomic E-state index is 9.35. The van der Waals surface area contributed by atoms with E-state index in [4.69, 9.17) is 5.73 Å². The third kappa shape index (κ3) is 0.830. The number of nitrogens with one attached hydrogen (secondary N) is 1. The van der Waals surface area contributed by atoms with Crippen LogP contribution < -0.4 is 5.73 Å². The molecule has 3 heteroatoms. The summed E-state index contributed by atoms with van der Waals surface area (Å²) in [6.45, 7) is 1.96. The largest absolute Gasteiger partial charge is 0.494 e. The molecule has 62 valence electrons. The molecule has 0 fully saturated rings. The number of aromatic nitrogens is 1. The summed E-state index contributed by atoms with van der Waals surface area (Å²) in [6, 6.07) is 3.64. The number of aromatic amines is 1. The van der Waals surface area contributed by atoms with Crippen molar-refractivity contribution in [2.24, 2.45) is 0 Å². The van der Waals surface area contributed by atoms with Crippen LogP contribution in [0.15, 0.2) is 18.3 Å². The van der Waals surface area contributed by atoms with Crippen LogP contribution in [0.1, 0.15) is 5.56 Å². The highest BCUT2D eigenvalue weighted by molar-refractivity contribution is 5.92. The van der Waals surface area contributed by atoms with Crippen molar-refractivity contribution in [1.82, 2.24) is 4.98 Å². The predicted molar refractivity (Wildman–Crippen MR) is 49.1 cm³/mol. The summed E-state index contributed by atoms with van der Waals surface area (Å²) in [5, 5.41) is 11.1. The Morgan fingerprint density at radius 1 is 1.33 bits per heavy atom. The van der Waals surface area contributed by atoms with Crippen LogP contribution in [0, 0.1) is 6.92 Å².